The van der Waals surface area contributed by atoms with E-state index in [1.807, 2.05) is 37.4 Å². The molecule has 0 amide bonds. The predicted molar refractivity (Wildman–Crippen MR) is 91.5 cm³/mol. The monoisotopic (exact) mass is 339 g/mol. The summed E-state index contributed by atoms with van der Waals surface area (Å²) in [6.07, 6.45) is 1.99. The van der Waals surface area contributed by atoms with Crippen molar-refractivity contribution in [3.63, 3.8) is 0 Å². The summed E-state index contributed by atoms with van der Waals surface area (Å²) in [6.45, 7) is 2.46. The molecule has 2 aromatic rings. The third-order valence-electron chi connectivity index (χ3n) is 2.67. The van der Waals surface area contributed by atoms with Crippen LogP contribution in [0.2, 0.25) is 0 Å². The highest BCUT2D eigenvalue weighted by Crippen LogP contribution is 2.26. The van der Waals surface area contributed by atoms with Crippen LogP contribution in [0.25, 0.3) is 0 Å². The number of carbonyl (C=O) groups excluding carboxylic acids is 1. The Hall–Kier alpha value is -0.980. The molecular weight excluding hydrogens is 322 g/mol. The summed E-state index contributed by atoms with van der Waals surface area (Å²) >= 11 is 5.04. The fraction of sp³-hybridized carbons (Fsp3) is 0.333. The highest BCUT2D eigenvalue weighted by atomic mass is 32.2. The van der Waals surface area contributed by atoms with Gasteiger partial charge in [-0.05, 0) is 30.9 Å². The van der Waals surface area contributed by atoms with Crippen molar-refractivity contribution >= 4 is 40.8 Å². The molecule has 0 aliphatic rings. The first kappa shape index (κ1) is 16.4. The first-order chi connectivity index (χ1) is 10.2. The summed E-state index contributed by atoms with van der Waals surface area (Å²) in [5.74, 6) is 1.43. The summed E-state index contributed by atoms with van der Waals surface area (Å²) in [5.41, 5.74) is 2.84. The Morgan fingerprint density at radius 1 is 1.33 bits per heavy atom. The molecule has 0 saturated carbocycles. The van der Waals surface area contributed by atoms with Gasteiger partial charge in [0.25, 0.3) is 0 Å². The maximum Gasteiger partial charge on any atom is 0.338 e. The van der Waals surface area contributed by atoms with E-state index in [0.717, 1.165) is 21.5 Å². The molecule has 0 radical (unpaired) electrons. The molecule has 2 rings (SSSR count). The summed E-state index contributed by atoms with van der Waals surface area (Å²) in [4.78, 5) is 16.2. The van der Waals surface area contributed by atoms with E-state index < -0.39 is 0 Å². The van der Waals surface area contributed by atoms with Crippen molar-refractivity contribution in [1.82, 2.24) is 4.98 Å². The number of thioether (sulfide) groups is 2. The normalized spacial score (nSPS) is 10.6. The Bertz CT molecular complexity index is 581. The van der Waals surface area contributed by atoms with Crippen molar-refractivity contribution in [3.8, 4) is 0 Å². The lowest BCUT2D eigenvalue weighted by Crippen LogP contribution is -2.07. The van der Waals surface area contributed by atoms with Gasteiger partial charge in [-0.3, -0.25) is 0 Å². The lowest BCUT2D eigenvalue weighted by atomic mass is 10.1. The molecule has 3 nitrogen and oxygen atoms in total. The second-order valence-corrected chi connectivity index (χ2v) is 7.44. The van der Waals surface area contributed by atoms with Gasteiger partial charge in [-0.25, -0.2) is 9.78 Å². The van der Waals surface area contributed by atoms with Crippen LogP contribution in [0, 0.1) is 6.92 Å². The Morgan fingerprint density at radius 3 is 2.71 bits per heavy atom. The summed E-state index contributed by atoms with van der Waals surface area (Å²) in [5, 5.41) is 2.05. The zero-order valence-electron chi connectivity index (χ0n) is 12.0. The number of aryl methyl sites for hydroxylation is 1. The summed E-state index contributed by atoms with van der Waals surface area (Å²) < 4.78 is 6.24. The molecule has 0 aliphatic carbocycles. The Morgan fingerprint density at radius 2 is 2.10 bits per heavy atom. The molecule has 1 aromatic carbocycles. The number of carbonyl (C=O) groups is 1. The zero-order valence-corrected chi connectivity index (χ0v) is 14.4. The average Bonchev–Trinajstić information content (AvgIpc) is 2.91. The number of esters is 1. The quantitative estimate of drug-likeness (QED) is 0.428. The van der Waals surface area contributed by atoms with Gasteiger partial charge < -0.3 is 4.74 Å². The molecule has 0 bridgehead atoms. The fourth-order valence-electron chi connectivity index (χ4n) is 1.58. The van der Waals surface area contributed by atoms with Crippen LogP contribution in [0.4, 0.5) is 0 Å². The van der Waals surface area contributed by atoms with Crippen molar-refractivity contribution in [1.29, 1.82) is 0 Å². The smallest absolute Gasteiger partial charge is 0.338 e. The minimum atomic E-state index is -0.251. The van der Waals surface area contributed by atoms with Gasteiger partial charge in [-0.2, -0.15) is 11.8 Å². The number of hydrogen-bond donors (Lipinski definition) is 0. The molecule has 0 aliphatic heterocycles. The summed E-state index contributed by atoms with van der Waals surface area (Å²) in [7, 11) is 0. The van der Waals surface area contributed by atoms with Gasteiger partial charge in [-0.1, -0.05) is 23.9 Å². The average molecular weight is 340 g/mol. The predicted octanol–water partition coefficient (Wildman–Crippen LogP) is 4.26. The van der Waals surface area contributed by atoms with Crippen molar-refractivity contribution in [2.24, 2.45) is 0 Å². The Labute approximate surface area is 137 Å². The van der Waals surface area contributed by atoms with Crippen molar-refractivity contribution < 1.29 is 9.53 Å². The minimum Gasteiger partial charge on any atom is -0.461 e. The molecule has 1 aromatic heterocycles. The number of thiazole rings is 1. The van der Waals surface area contributed by atoms with Gasteiger partial charge in [-0.15, -0.1) is 11.3 Å². The largest absolute Gasteiger partial charge is 0.461 e. The van der Waals surface area contributed by atoms with E-state index in [4.69, 9.17) is 4.74 Å². The van der Waals surface area contributed by atoms with E-state index in [1.165, 1.54) is 5.56 Å². The molecule has 6 heteroatoms. The van der Waals surface area contributed by atoms with Gasteiger partial charge in [0.2, 0.25) is 0 Å². The Balaban J connectivity index is 1.85. The number of rotatable bonds is 7. The lowest BCUT2D eigenvalue weighted by Gasteiger charge is -2.05. The van der Waals surface area contributed by atoms with Gasteiger partial charge >= 0.3 is 5.97 Å². The van der Waals surface area contributed by atoms with Gasteiger partial charge in [0.05, 0.1) is 5.56 Å². The number of nitrogens with zero attached hydrogens (tertiary/aromatic N) is 1. The van der Waals surface area contributed by atoms with Crippen molar-refractivity contribution in [2.45, 2.75) is 17.0 Å². The van der Waals surface area contributed by atoms with Crippen molar-refractivity contribution in [2.75, 3.05) is 18.6 Å². The minimum absolute atomic E-state index is 0.251. The number of hydrogen-bond acceptors (Lipinski definition) is 6. The van der Waals surface area contributed by atoms with Crippen LogP contribution in [0.15, 0.2) is 34.0 Å². The first-order valence-electron chi connectivity index (χ1n) is 6.49. The van der Waals surface area contributed by atoms with Crippen LogP contribution in [0.1, 0.15) is 21.6 Å². The molecule has 21 heavy (non-hydrogen) atoms. The van der Waals surface area contributed by atoms with E-state index in [0.29, 0.717) is 12.2 Å². The van der Waals surface area contributed by atoms with E-state index in [1.54, 1.807) is 34.9 Å². The second-order valence-electron chi connectivity index (χ2n) is 4.37. The van der Waals surface area contributed by atoms with E-state index in [9.17, 15) is 4.79 Å². The van der Waals surface area contributed by atoms with Crippen LogP contribution in [-0.2, 0) is 10.5 Å². The SMILES string of the molecule is CSCCOC(=O)c1ccc(CSc2nc(C)cs2)cc1. The van der Waals surface area contributed by atoms with Gasteiger partial charge in [0.1, 0.15) is 10.9 Å². The van der Waals surface area contributed by atoms with Crippen LogP contribution >= 0.6 is 34.9 Å². The number of benzene rings is 1. The molecule has 0 unspecified atom stereocenters. The molecule has 0 N–H and O–H groups in total. The molecule has 0 fully saturated rings. The third kappa shape index (κ3) is 5.37. The molecule has 0 spiro atoms. The fourth-order valence-corrected chi connectivity index (χ4v) is 3.64. The molecule has 112 valence electrons. The van der Waals surface area contributed by atoms with Crippen molar-refractivity contribution in [3.05, 3.63) is 46.5 Å². The molecule has 1 heterocycles. The topological polar surface area (TPSA) is 39.2 Å². The Kier molecular flexibility index (Phi) is 6.60. The highest BCUT2D eigenvalue weighted by molar-refractivity contribution is 8.00. The summed E-state index contributed by atoms with van der Waals surface area (Å²) in [6, 6.07) is 7.59. The lowest BCUT2D eigenvalue weighted by molar-refractivity contribution is 0.0530. The van der Waals surface area contributed by atoms with Crippen LogP contribution in [0.3, 0.4) is 0 Å². The maximum atomic E-state index is 11.8. The number of aromatic nitrogens is 1. The second kappa shape index (κ2) is 8.46. The van der Waals surface area contributed by atoms with Gasteiger partial charge in [0.15, 0.2) is 0 Å². The van der Waals surface area contributed by atoms with Crippen LogP contribution in [-0.4, -0.2) is 29.6 Å². The zero-order chi connectivity index (χ0) is 15.1. The molecule has 0 saturated heterocycles. The highest BCUT2D eigenvalue weighted by Gasteiger charge is 2.07. The molecule has 0 atom stereocenters. The van der Waals surface area contributed by atoms with E-state index in [2.05, 4.69) is 10.4 Å². The number of ether oxygens (including phenoxy) is 1. The van der Waals surface area contributed by atoms with E-state index >= 15 is 0 Å². The third-order valence-corrected chi connectivity index (χ3v) is 5.46. The van der Waals surface area contributed by atoms with Crippen LogP contribution in [0.5, 0.6) is 0 Å². The first-order valence-corrected chi connectivity index (χ1v) is 9.75. The van der Waals surface area contributed by atoms with Crippen LogP contribution < -0.4 is 0 Å². The standard InChI is InChI=1S/C15H17NO2S3/c1-11-9-20-15(16-11)21-10-12-3-5-13(6-4-12)14(17)18-7-8-19-2/h3-6,9H,7-8,10H2,1-2H3. The van der Waals surface area contributed by atoms with E-state index in [-0.39, 0.29) is 5.97 Å². The molecular formula is C15H17NO2S3. The maximum absolute atomic E-state index is 11.8. The van der Waals surface area contributed by atoms with Gasteiger partial charge in [0, 0.05) is 22.6 Å².